The summed E-state index contributed by atoms with van der Waals surface area (Å²) in [6.45, 7) is 6.03. The molecular weight excluding hydrogens is 238 g/mol. The van der Waals surface area contributed by atoms with Gasteiger partial charge in [-0.05, 0) is 51.1 Å². The van der Waals surface area contributed by atoms with Crippen LogP contribution in [0.5, 0.6) is 0 Å². The van der Waals surface area contributed by atoms with E-state index in [0.29, 0.717) is 19.8 Å². The molecule has 0 bridgehead atoms. The first-order chi connectivity index (χ1) is 9.19. The monoisotopic (exact) mass is 259 g/mol. The predicted octanol–water partition coefficient (Wildman–Crippen LogP) is 3.43. The summed E-state index contributed by atoms with van der Waals surface area (Å²) in [4.78, 5) is 0. The van der Waals surface area contributed by atoms with Gasteiger partial charge in [0.1, 0.15) is 18.1 Å². The van der Waals surface area contributed by atoms with Crippen LogP contribution in [0.2, 0.25) is 0 Å². The van der Waals surface area contributed by atoms with Gasteiger partial charge in [-0.2, -0.15) is 0 Å². The maximum atomic E-state index is 5.80. The van der Waals surface area contributed by atoms with Crippen molar-refractivity contribution in [3.8, 4) is 11.3 Å². The Morgan fingerprint density at radius 2 is 1.84 bits per heavy atom. The molecule has 102 valence electrons. The molecular formula is C16H21NO2. The smallest absolute Gasteiger partial charge is 0.134 e. The third-order valence-electron chi connectivity index (χ3n) is 2.90. The Bertz CT molecular complexity index is 511. The summed E-state index contributed by atoms with van der Waals surface area (Å²) in [7, 11) is 0. The molecule has 2 aromatic rings. The van der Waals surface area contributed by atoms with E-state index in [1.165, 1.54) is 11.1 Å². The second-order valence-corrected chi connectivity index (χ2v) is 4.84. The fourth-order valence-electron chi connectivity index (χ4n) is 2.09. The summed E-state index contributed by atoms with van der Waals surface area (Å²) < 4.78 is 11.3. The molecule has 0 aliphatic heterocycles. The molecule has 0 saturated heterocycles. The lowest BCUT2D eigenvalue weighted by atomic mass is 10.1. The number of rotatable bonds is 6. The van der Waals surface area contributed by atoms with E-state index in [9.17, 15) is 0 Å². The number of nitrogens with two attached hydrogens (primary N) is 1. The fraction of sp³-hybridized carbons (Fsp3) is 0.375. The minimum atomic E-state index is 0.505. The van der Waals surface area contributed by atoms with Crippen molar-refractivity contribution >= 4 is 0 Å². The van der Waals surface area contributed by atoms with Crippen molar-refractivity contribution in [3.05, 3.63) is 47.2 Å². The van der Waals surface area contributed by atoms with Gasteiger partial charge in [-0.25, -0.2) is 0 Å². The Hall–Kier alpha value is -1.58. The molecule has 0 atom stereocenters. The topological polar surface area (TPSA) is 48.4 Å². The maximum absolute atomic E-state index is 5.80. The summed E-state index contributed by atoms with van der Waals surface area (Å²) in [6, 6.07) is 10.4. The van der Waals surface area contributed by atoms with Gasteiger partial charge in [0.2, 0.25) is 0 Å². The van der Waals surface area contributed by atoms with E-state index in [1.54, 1.807) is 0 Å². The van der Waals surface area contributed by atoms with E-state index < -0.39 is 0 Å². The van der Waals surface area contributed by atoms with E-state index in [2.05, 4.69) is 32.0 Å². The lowest BCUT2D eigenvalue weighted by molar-refractivity contribution is 0.106. The summed E-state index contributed by atoms with van der Waals surface area (Å²) >= 11 is 0. The minimum Gasteiger partial charge on any atom is -0.459 e. The van der Waals surface area contributed by atoms with E-state index in [4.69, 9.17) is 14.9 Å². The average Bonchev–Trinajstić information content (AvgIpc) is 2.82. The van der Waals surface area contributed by atoms with Gasteiger partial charge in [0, 0.05) is 12.2 Å². The Morgan fingerprint density at radius 1 is 1.11 bits per heavy atom. The highest BCUT2D eigenvalue weighted by Crippen LogP contribution is 2.24. The number of aryl methyl sites for hydroxylation is 2. The van der Waals surface area contributed by atoms with Gasteiger partial charge in [-0.15, -0.1) is 0 Å². The molecule has 0 unspecified atom stereocenters. The van der Waals surface area contributed by atoms with E-state index >= 15 is 0 Å². The van der Waals surface area contributed by atoms with Crippen LogP contribution in [0.15, 0.2) is 34.7 Å². The molecule has 2 rings (SSSR count). The summed E-state index contributed by atoms with van der Waals surface area (Å²) in [5, 5.41) is 0. The molecule has 0 fully saturated rings. The van der Waals surface area contributed by atoms with Crippen molar-refractivity contribution in [1.29, 1.82) is 0 Å². The molecule has 3 heteroatoms. The van der Waals surface area contributed by atoms with Crippen LogP contribution in [0.1, 0.15) is 23.3 Å². The normalized spacial score (nSPS) is 10.9. The molecule has 0 saturated carbocycles. The van der Waals surface area contributed by atoms with E-state index in [1.807, 2.05) is 12.1 Å². The number of furan rings is 1. The van der Waals surface area contributed by atoms with Gasteiger partial charge < -0.3 is 14.9 Å². The second-order valence-electron chi connectivity index (χ2n) is 4.84. The van der Waals surface area contributed by atoms with Gasteiger partial charge in [0.05, 0.1) is 0 Å². The lowest BCUT2D eigenvalue weighted by Crippen LogP contribution is -2.03. The molecule has 0 aliphatic rings. The van der Waals surface area contributed by atoms with Gasteiger partial charge in [0.25, 0.3) is 0 Å². The first-order valence-corrected chi connectivity index (χ1v) is 6.64. The van der Waals surface area contributed by atoms with Gasteiger partial charge in [-0.3, -0.25) is 0 Å². The fourth-order valence-corrected chi connectivity index (χ4v) is 2.09. The number of ether oxygens (including phenoxy) is 1. The average molecular weight is 259 g/mol. The van der Waals surface area contributed by atoms with Gasteiger partial charge in [-0.1, -0.05) is 17.2 Å². The van der Waals surface area contributed by atoms with Crippen molar-refractivity contribution in [3.63, 3.8) is 0 Å². The molecule has 1 aromatic carbocycles. The van der Waals surface area contributed by atoms with Crippen molar-refractivity contribution in [2.24, 2.45) is 5.73 Å². The lowest BCUT2D eigenvalue weighted by Gasteiger charge is -2.03. The van der Waals surface area contributed by atoms with Crippen molar-refractivity contribution < 1.29 is 9.15 Å². The summed E-state index contributed by atoms with van der Waals surface area (Å²) in [5.41, 5.74) is 9.01. The predicted molar refractivity (Wildman–Crippen MR) is 76.9 cm³/mol. The quantitative estimate of drug-likeness (QED) is 0.808. The SMILES string of the molecule is Cc1cc(C)cc(-c2ccc(COCCCN)o2)c1. The van der Waals surface area contributed by atoms with Crippen LogP contribution in [-0.4, -0.2) is 13.2 Å². The van der Waals surface area contributed by atoms with Crippen LogP contribution in [0.25, 0.3) is 11.3 Å². The van der Waals surface area contributed by atoms with Gasteiger partial charge >= 0.3 is 0 Å². The summed E-state index contributed by atoms with van der Waals surface area (Å²) in [6.07, 6.45) is 0.880. The van der Waals surface area contributed by atoms with E-state index in [0.717, 1.165) is 23.5 Å². The number of hydrogen-bond acceptors (Lipinski definition) is 3. The van der Waals surface area contributed by atoms with Crippen LogP contribution in [-0.2, 0) is 11.3 Å². The van der Waals surface area contributed by atoms with Crippen molar-refractivity contribution in [2.75, 3.05) is 13.2 Å². The maximum Gasteiger partial charge on any atom is 0.134 e. The van der Waals surface area contributed by atoms with Crippen molar-refractivity contribution in [2.45, 2.75) is 26.9 Å². The van der Waals surface area contributed by atoms with Crippen LogP contribution in [0, 0.1) is 13.8 Å². The zero-order valence-electron chi connectivity index (χ0n) is 11.6. The highest BCUT2D eigenvalue weighted by molar-refractivity contribution is 5.59. The Kier molecular flexibility index (Phi) is 4.77. The molecule has 1 heterocycles. The number of benzene rings is 1. The molecule has 0 amide bonds. The van der Waals surface area contributed by atoms with Crippen LogP contribution in [0.3, 0.4) is 0 Å². The molecule has 2 N–H and O–H groups in total. The second kappa shape index (κ2) is 6.55. The van der Waals surface area contributed by atoms with Crippen LogP contribution in [0.4, 0.5) is 0 Å². The zero-order chi connectivity index (χ0) is 13.7. The first-order valence-electron chi connectivity index (χ1n) is 6.64. The molecule has 3 nitrogen and oxygen atoms in total. The first kappa shape index (κ1) is 13.8. The highest BCUT2D eigenvalue weighted by Gasteiger charge is 2.06. The number of hydrogen-bond donors (Lipinski definition) is 1. The summed E-state index contributed by atoms with van der Waals surface area (Å²) in [5.74, 6) is 1.75. The largest absolute Gasteiger partial charge is 0.459 e. The van der Waals surface area contributed by atoms with E-state index in [-0.39, 0.29) is 0 Å². The Balaban J connectivity index is 2.03. The van der Waals surface area contributed by atoms with Gasteiger partial charge in [0.15, 0.2) is 0 Å². The van der Waals surface area contributed by atoms with Crippen LogP contribution < -0.4 is 5.73 Å². The standard InChI is InChI=1S/C16H21NO2/c1-12-8-13(2)10-14(9-12)16-5-4-15(19-16)11-18-7-3-6-17/h4-5,8-10H,3,6-7,11,17H2,1-2H3. The molecule has 0 radical (unpaired) electrons. The zero-order valence-corrected chi connectivity index (χ0v) is 11.6. The molecule has 0 spiro atoms. The molecule has 19 heavy (non-hydrogen) atoms. The third-order valence-corrected chi connectivity index (χ3v) is 2.90. The third kappa shape index (κ3) is 3.94. The minimum absolute atomic E-state index is 0.505. The Morgan fingerprint density at radius 3 is 2.53 bits per heavy atom. The highest BCUT2D eigenvalue weighted by atomic mass is 16.5. The molecule has 0 aliphatic carbocycles. The Labute approximate surface area is 114 Å². The van der Waals surface area contributed by atoms with Crippen molar-refractivity contribution in [1.82, 2.24) is 0 Å². The molecule has 1 aromatic heterocycles. The van der Waals surface area contributed by atoms with Crippen LogP contribution >= 0.6 is 0 Å².